The lowest BCUT2D eigenvalue weighted by Gasteiger charge is -1.91. The third-order valence-corrected chi connectivity index (χ3v) is 2.33. The molecular formula is C9H9N7O. The molecule has 8 heteroatoms. The van der Waals surface area contributed by atoms with Gasteiger partial charge in [-0.1, -0.05) is 6.07 Å². The minimum atomic E-state index is -0.215. The highest BCUT2D eigenvalue weighted by Crippen LogP contribution is 1.96. The van der Waals surface area contributed by atoms with E-state index in [0.717, 1.165) is 0 Å². The molecule has 0 spiro atoms. The van der Waals surface area contributed by atoms with Gasteiger partial charge in [-0.25, -0.2) is 9.48 Å². The molecule has 3 aromatic heterocycles. The topological polar surface area (TPSA) is 82.9 Å². The Morgan fingerprint density at radius 3 is 2.88 bits per heavy atom. The molecule has 0 unspecified atom stereocenters. The van der Waals surface area contributed by atoms with Crippen molar-refractivity contribution in [2.45, 2.75) is 6.54 Å². The van der Waals surface area contributed by atoms with Crippen LogP contribution in [0.2, 0.25) is 0 Å². The van der Waals surface area contributed by atoms with Crippen LogP contribution in [-0.4, -0.2) is 34.4 Å². The average Bonchev–Trinajstić information content (AvgIpc) is 2.86. The number of rotatable bonds is 2. The van der Waals surface area contributed by atoms with Gasteiger partial charge in [-0.3, -0.25) is 4.40 Å². The zero-order chi connectivity index (χ0) is 11.8. The SMILES string of the molecule is Cn1nnc(Cn2nc3ccccn3c2=O)n1. The molecule has 3 aromatic rings. The van der Waals surface area contributed by atoms with Crippen LogP contribution in [0.1, 0.15) is 5.82 Å². The van der Waals surface area contributed by atoms with Gasteiger partial charge in [0.2, 0.25) is 0 Å². The molecule has 86 valence electrons. The van der Waals surface area contributed by atoms with Crippen molar-refractivity contribution in [2.24, 2.45) is 7.05 Å². The fourth-order valence-electron chi connectivity index (χ4n) is 1.59. The van der Waals surface area contributed by atoms with E-state index in [1.165, 1.54) is 13.9 Å². The first-order valence-corrected chi connectivity index (χ1v) is 5.01. The highest BCUT2D eigenvalue weighted by atomic mass is 16.2. The number of nitrogens with zero attached hydrogens (tertiary/aromatic N) is 7. The molecule has 17 heavy (non-hydrogen) atoms. The predicted molar refractivity (Wildman–Crippen MR) is 57.4 cm³/mol. The van der Waals surface area contributed by atoms with Crippen LogP contribution in [0.5, 0.6) is 0 Å². The summed E-state index contributed by atoms with van der Waals surface area (Å²) < 4.78 is 2.78. The first-order valence-electron chi connectivity index (χ1n) is 5.01. The van der Waals surface area contributed by atoms with Gasteiger partial charge >= 0.3 is 5.69 Å². The lowest BCUT2D eigenvalue weighted by Crippen LogP contribution is -2.22. The molecule has 3 heterocycles. The van der Waals surface area contributed by atoms with Crippen LogP contribution in [0.4, 0.5) is 0 Å². The summed E-state index contributed by atoms with van der Waals surface area (Å²) in [5.41, 5.74) is 0.384. The van der Waals surface area contributed by atoms with Crippen LogP contribution < -0.4 is 5.69 Å². The Balaban J connectivity index is 2.06. The number of tetrazole rings is 1. The van der Waals surface area contributed by atoms with Crippen LogP contribution in [0.3, 0.4) is 0 Å². The molecule has 0 aliphatic carbocycles. The molecule has 0 saturated carbocycles. The molecule has 0 amide bonds. The first-order chi connectivity index (χ1) is 8.24. The van der Waals surface area contributed by atoms with E-state index in [0.29, 0.717) is 11.5 Å². The lowest BCUT2D eigenvalue weighted by molar-refractivity contribution is 0.610. The second-order valence-electron chi connectivity index (χ2n) is 3.56. The van der Waals surface area contributed by atoms with Gasteiger partial charge in [0.05, 0.1) is 7.05 Å². The molecule has 0 N–H and O–H groups in total. The second-order valence-corrected chi connectivity index (χ2v) is 3.56. The molecule has 0 aliphatic rings. The van der Waals surface area contributed by atoms with Gasteiger partial charge in [0, 0.05) is 6.20 Å². The zero-order valence-corrected chi connectivity index (χ0v) is 9.06. The smallest absolute Gasteiger partial charge is 0.250 e. The zero-order valence-electron chi connectivity index (χ0n) is 9.06. The molecule has 0 atom stereocenters. The lowest BCUT2D eigenvalue weighted by atomic mass is 10.5. The van der Waals surface area contributed by atoms with Gasteiger partial charge in [-0.15, -0.1) is 15.3 Å². The van der Waals surface area contributed by atoms with E-state index in [1.807, 2.05) is 6.07 Å². The molecule has 0 aliphatic heterocycles. The number of pyridine rings is 1. The van der Waals surface area contributed by atoms with Crippen molar-refractivity contribution in [1.29, 1.82) is 0 Å². The van der Waals surface area contributed by atoms with Crippen LogP contribution >= 0.6 is 0 Å². The average molecular weight is 231 g/mol. The van der Waals surface area contributed by atoms with Crippen molar-refractivity contribution in [3.63, 3.8) is 0 Å². The van der Waals surface area contributed by atoms with Crippen molar-refractivity contribution in [3.05, 3.63) is 40.7 Å². The minimum absolute atomic E-state index is 0.215. The van der Waals surface area contributed by atoms with E-state index in [-0.39, 0.29) is 12.2 Å². The highest BCUT2D eigenvalue weighted by Gasteiger charge is 2.09. The van der Waals surface area contributed by atoms with E-state index >= 15 is 0 Å². The maximum Gasteiger partial charge on any atom is 0.350 e. The molecule has 0 aromatic carbocycles. The van der Waals surface area contributed by atoms with Gasteiger partial charge in [-0.05, 0) is 17.3 Å². The van der Waals surface area contributed by atoms with E-state index in [9.17, 15) is 4.79 Å². The summed E-state index contributed by atoms with van der Waals surface area (Å²) in [5.74, 6) is 0.456. The van der Waals surface area contributed by atoms with Crippen LogP contribution in [0.15, 0.2) is 29.2 Å². The molecule has 3 rings (SSSR count). The van der Waals surface area contributed by atoms with E-state index in [4.69, 9.17) is 0 Å². The maximum absolute atomic E-state index is 11.9. The number of aryl methyl sites for hydroxylation is 1. The van der Waals surface area contributed by atoms with E-state index in [1.54, 1.807) is 25.4 Å². The van der Waals surface area contributed by atoms with Gasteiger partial charge < -0.3 is 0 Å². The van der Waals surface area contributed by atoms with Crippen molar-refractivity contribution in [1.82, 2.24) is 34.4 Å². The Morgan fingerprint density at radius 1 is 1.29 bits per heavy atom. The quantitative estimate of drug-likeness (QED) is 0.569. The summed E-state index contributed by atoms with van der Waals surface area (Å²) in [6, 6.07) is 5.37. The fourth-order valence-corrected chi connectivity index (χ4v) is 1.59. The van der Waals surface area contributed by atoms with Crippen molar-refractivity contribution >= 4 is 5.65 Å². The first kappa shape index (κ1) is 9.70. The predicted octanol–water partition coefficient (Wildman–Crippen LogP) is -0.932. The Kier molecular flexibility index (Phi) is 2.00. The molecule has 0 fully saturated rings. The Bertz CT molecular complexity index is 722. The van der Waals surface area contributed by atoms with Crippen LogP contribution in [0, 0.1) is 0 Å². The van der Waals surface area contributed by atoms with Gasteiger partial charge in [0.1, 0.15) is 6.54 Å². The highest BCUT2D eigenvalue weighted by molar-refractivity contribution is 5.35. The summed E-state index contributed by atoms with van der Waals surface area (Å²) in [4.78, 5) is 13.3. The Labute approximate surface area is 95.1 Å². The van der Waals surface area contributed by atoms with E-state index in [2.05, 4.69) is 20.5 Å². The standard InChI is InChI=1S/C9H9N7O/c1-14-11-7(10-13-14)6-16-9(17)15-5-3-2-4-8(15)12-16/h2-5H,6H2,1H3. The van der Waals surface area contributed by atoms with Gasteiger partial charge in [0.15, 0.2) is 11.5 Å². The Morgan fingerprint density at radius 2 is 2.18 bits per heavy atom. The fraction of sp³-hybridized carbons (Fsp3) is 0.222. The molecule has 0 bridgehead atoms. The largest absolute Gasteiger partial charge is 0.350 e. The van der Waals surface area contributed by atoms with Gasteiger partial charge in [0.25, 0.3) is 0 Å². The summed E-state index contributed by atoms with van der Waals surface area (Å²) in [7, 11) is 1.67. The van der Waals surface area contributed by atoms with Gasteiger partial charge in [-0.2, -0.15) is 4.80 Å². The van der Waals surface area contributed by atoms with E-state index < -0.39 is 0 Å². The monoisotopic (exact) mass is 231 g/mol. The summed E-state index contributed by atoms with van der Waals surface area (Å²) >= 11 is 0. The van der Waals surface area contributed by atoms with Crippen molar-refractivity contribution in [3.8, 4) is 0 Å². The third kappa shape index (κ3) is 1.59. The summed E-state index contributed by atoms with van der Waals surface area (Å²) in [5, 5.41) is 15.7. The maximum atomic E-state index is 11.9. The van der Waals surface area contributed by atoms with Crippen LogP contribution in [-0.2, 0) is 13.6 Å². The Hall–Kier alpha value is -2.51. The van der Waals surface area contributed by atoms with Crippen molar-refractivity contribution in [2.75, 3.05) is 0 Å². The second kappa shape index (κ2) is 3.51. The van der Waals surface area contributed by atoms with Crippen molar-refractivity contribution < 1.29 is 0 Å². The molecule has 8 nitrogen and oxygen atoms in total. The number of hydrogen-bond acceptors (Lipinski definition) is 5. The summed E-state index contributed by atoms with van der Waals surface area (Å²) in [6.07, 6.45) is 1.67. The number of fused-ring (bicyclic) bond motifs is 1. The third-order valence-electron chi connectivity index (χ3n) is 2.33. The number of aromatic nitrogens is 7. The summed E-state index contributed by atoms with van der Waals surface area (Å²) in [6.45, 7) is 0.217. The van der Waals surface area contributed by atoms with Crippen LogP contribution in [0.25, 0.3) is 5.65 Å². The minimum Gasteiger partial charge on any atom is -0.250 e. The molecule has 0 radical (unpaired) electrons. The molecular weight excluding hydrogens is 222 g/mol. The molecule has 0 saturated heterocycles. The number of hydrogen-bond donors (Lipinski definition) is 0. The normalized spacial score (nSPS) is 11.1.